The number of hydrogen-bond acceptors (Lipinski definition) is 4. The summed E-state index contributed by atoms with van der Waals surface area (Å²) in [7, 11) is 0. The molecule has 1 heterocycles. The lowest BCUT2D eigenvalue weighted by Crippen LogP contribution is -2.07. The second-order valence-corrected chi connectivity index (χ2v) is 4.13. The predicted molar refractivity (Wildman–Crippen MR) is 69.1 cm³/mol. The number of alkyl halides is 3. The molecule has 0 saturated carbocycles. The molecule has 112 valence electrons. The Morgan fingerprint density at radius 1 is 1.27 bits per heavy atom. The van der Waals surface area contributed by atoms with Crippen LogP contribution in [0.3, 0.4) is 0 Å². The van der Waals surface area contributed by atoms with Crippen molar-refractivity contribution in [2.75, 3.05) is 0 Å². The van der Waals surface area contributed by atoms with E-state index in [2.05, 4.69) is 9.98 Å². The first-order valence-corrected chi connectivity index (χ1v) is 5.82. The average Bonchev–Trinajstić information content (AvgIpc) is 2.46. The maximum atomic E-state index is 13.2. The van der Waals surface area contributed by atoms with Crippen LogP contribution >= 0.6 is 0 Å². The zero-order chi connectivity index (χ0) is 16.3. The Labute approximate surface area is 122 Å². The quantitative estimate of drug-likeness (QED) is 0.681. The summed E-state index contributed by atoms with van der Waals surface area (Å²) in [6, 6.07) is 5.06. The molecule has 1 aromatic carbocycles. The Bertz CT molecular complexity index is 778. The maximum Gasteiger partial charge on any atom is 0.419 e. The molecule has 0 aliphatic heterocycles. The lowest BCUT2D eigenvalue weighted by atomic mass is 10.1. The third-order valence-corrected chi connectivity index (χ3v) is 2.66. The van der Waals surface area contributed by atoms with Gasteiger partial charge in [0, 0.05) is 6.20 Å². The lowest BCUT2D eigenvalue weighted by molar-refractivity contribution is -0.139. The molecule has 0 bridgehead atoms. The van der Waals surface area contributed by atoms with Gasteiger partial charge in [-0.2, -0.15) is 18.4 Å². The Morgan fingerprint density at radius 3 is 2.59 bits per heavy atom. The standard InChI is InChI=1S/C14H7F4N3O/c15-11-2-1-8(5-10(11)14(16,17)18)21-12(6-19)9-3-4-20-7-13(9)22/h1-5,7,22H. The van der Waals surface area contributed by atoms with Gasteiger partial charge >= 0.3 is 6.18 Å². The molecule has 0 amide bonds. The smallest absolute Gasteiger partial charge is 0.419 e. The van der Waals surface area contributed by atoms with E-state index in [-0.39, 0.29) is 22.7 Å². The van der Waals surface area contributed by atoms with E-state index in [1.807, 2.05) is 0 Å². The van der Waals surface area contributed by atoms with E-state index in [1.54, 1.807) is 6.07 Å². The van der Waals surface area contributed by atoms with Crippen molar-refractivity contribution >= 4 is 11.4 Å². The molecule has 0 spiro atoms. The van der Waals surface area contributed by atoms with Gasteiger partial charge in [0.2, 0.25) is 0 Å². The van der Waals surface area contributed by atoms with Crippen LogP contribution in [0, 0.1) is 17.1 Å². The highest BCUT2D eigenvalue weighted by molar-refractivity contribution is 6.14. The molecule has 0 atom stereocenters. The van der Waals surface area contributed by atoms with E-state index in [0.717, 1.165) is 12.3 Å². The van der Waals surface area contributed by atoms with E-state index in [0.29, 0.717) is 12.1 Å². The molecule has 0 unspecified atom stereocenters. The van der Waals surface area contributed by atoms with E-state index in [1.165, 1.54) is 12.3 Å². The lowest BCUT2D eigenvalue weighted by Gasteiger charge is -2.08. The van der Waals surface area contributed by atoms with Crippen molar-refractivity contribution in [2.45, 2.75) is 6.18 Å². The molecular formula is C14H7F4N3O. The summed E-state index contributed by atoms with van der Waals surface area (Å²) < 4.78 is 51.1. The fourth-order valence-electron chi connectivity index (χ4n) is 1.66. The number of aromatic hydroxyl groups is 1. The van der Waals surface area contributed by atoms with Crippen LogP contribution in [0.2, 0.25) is 0 Å². The SMILES string of the molecule is N#CC(=Nc1ccc(F)c(C(F)(F)F)c1)c1ccncc1O. The number of benzene rings is 1. The van der Waals surface area contributed by atoms with Gasteiger partial charge in [-0.15, -0.1) is 0 Å². The third kappa shape index (κ3) is 3.20. The first kappa shape index (κ1) is 15.4. The van der Waals surface area contributed by atoms with E-state index in [4.69, 9.17) is 5.26 Å². The molecule has 0 aliphatic carbocycles. The van der Waals surface area contributed by atoms with Crippen molar-refractivity contribution in [2.24, 2.45) is 4.99 Å². The summed E-state index contributed by atoms with van der Waals surface area (Å²) in [5.41, 5.74) is -2.05. The number of rotatable bonds is 2. The van der Waals surface area contributed by atoms with E-state index in [9.17, 15) is 22.7 Å². The molecule has 8 heteroatoms. The van der Waals surface area contributed by atoms with Gasteiger partial charge in [0.15, 0.2) is 5.71 Å². The van der Waals surface area contributed by atoms with Crippen LogP contribution in [0.4, 0.5) is 23.2 Å². The van der Waals surface area contributed by atoms with Crippen molar-refractivity contribution in [3.05, 3.63) is 53.6 Å². The van der Waals surface area contributed by atoms with Crippen molar-refractivity contribution in [3.63, 3.8) is 0 Å². The number of aliphatic imine (C=N–C) groups is 1. The summed E-state index contributed by atoms with van der Waals surface area (Å²) in [5, 5.41) is 18.6. The average molecular weight is 309 g/mol. The van der Waals surface area contributed by atoms with Gasteiger partial charge in [-0.05, 0) is 24.3 Å². The van der Waals surface area contributed by atoms with Crippen LogP contribution < -0.4 is 0 Å². The van der Waals surface area contributed by atoms with Gasteiger partial charge in [0.05, 0.1) is 23.0 Å². The van der Waals surface area contributed by atoms with Crippen molar-refractivity contribution in [1.82, 2.24) is 4.98 Å². The second kappa shape index (κ2) is 5.81. The molecule has 0 saturated heterocycles. The summed E-state index contributed by atoms with van der Waals surface area (Å²) in [6.07, 6.45) is -2.52. The molecule has 0 fully saturated rings. The minimum absolute atomic E-state index is 0.00961. The summed E-state index contributed by atoms with van der Waals surface area (Å²) in [4.78, 5) is 7.34. The van der Waals surface area contributed by atoms with Crippen LogP contribution in [0.15, 0.2) is 41.7 Å². The van der Waals surface area contributed by atoms with Crippen LogP contribution in [0.1, 0.15) is 11.1 Å². The first-order valence-electron chi connectivity index (χ1n) is 5.82. The number of nitriles is 1. The van der Waals surface area contributed by atoms with Gasteiger partial charge < -0.3 is 5.11 Å². The van der Waals surface area contributed by atoms with Gasteiger partial charge in [0.1, 0.15) is 17.6 Å². The number of pyridine rings is 1. The fourth-order valence-corrected chi connectivity index (χ4v) is 1.66. The topological polar surface area (TPSA) is 69.3 Å². The maximum absolute atomic E-state index is 13.2. The Morgan fingerprint density at radius 2 is 2.00 bits per heavy atom. The number of hydrogen-bond donors (Lipinski definition) is 1. The molecule has 1 aromatic heterocycles. The summed E-state index contributed by atoms with van der Waals surface area (Å²) >= 11 is 0. The largest absolute Gasteiger partial charge is 0.506 e. The molecule has 1 N–H and O–H groups in total. The minimum atomic E-state index is -4.87. The molecule has 2 rings (SSSR count). The highest BCUT2D eigenvalue weighted by Crippen LogP contribution is 2.34. The summed E-state index contributed by atoms with van der Waals surface area (Å²) in [6.45, 7) is 0. The zero-order valence-electron chi connectivity index (χ0n) is 10.8. The second-order valence-electron chi connectivity index (χ2n) is 4.13. The van der Waals surface area contributed by atoms with Crippen molar-refractivity contribution in [1.29, 1.82) is 5.26 Å². The number of aromatic nitrogens is 1. The van der Waals surface area contributed by atoms with Crippen LogP contribution in [0.5, 0.6) is 5.75 Å². The van der Waals surface area contributed by atoms with Gasteiger partial charge in [0.25, 0.3) is 0 Å². The van der Waals surface area contributed by atoms with Crippen LogP contribution in [0.25, 0.3) is 0 Å². The number of nitrogens with zero attached hydrogens (tertiary/aromatic N) is 3. The molecule has 0 aliphatic rings. The van der Waals surface area contributed by atoms with E-state index >= 15 is 0 Å². The molecule has 4 nitrogen and oxygen atoms in total. The number of halogens is 4. The Balaban J connectivity index is 2.53. The van der Waals surface area contributed by atoms with Crippen LogP contribution in [-0.4, -0.2) is 15.8 Å². The molecule has 0 radical (unpaired) electrons. The highest BCUT2D eigenvalue weighted by atomic mass is 19.4. The van der Waals surface area contributed by atoms with Crippen molar-refractivity contribution < 1.29 is 22.7 Å². The zero-order valence-corrected chi connectivity index (χ0v) is 10.8. The monoisotopic (exact) mass is 309 g/mol. The highest BCUT2D eigenvalue weighted by Gasteiger charge is 2.34. The first-order chi connectivity index (χ1) is 10.3. The Hall–Kier alpha value is -2.95. The molecular weight excluding hydrogens is 302 g/mol. The van der Waals surface area contributed by atoms with Gasteiger partial charge in [-0.1, -0.05) is 0 Å². The molecule has 22 heavy (non-hydrogen) atoms. The predicted octanol–water partition coefficient (Wildman–Crippen LogP) is 3.59. The minimum Gasteiger partial charge on any atom is -0.506 e. The van der Waals surface area contributed by atoms with Gasteiger partial charge in [-0.3, -0.25) is 4.98 Å². The Kier molecular flexibility index (Phi) is 4.08. The van der Waals surface area contributed by atoms with E-state index < -0.39 is 17.6 Å². The van der Waals surface area contributed by atoms with Crippen molar-refractivity contribution in [3.8, 4) is 11.8 Å². The fraction of sp³-hybridized carbons (Fsp3) is 0.0714. The summed E-state index contributed by atoms with van der Waals surface area (Å²) in [5.74, 6) is -1.78. The van der Waals surface area contributed by atoms with Gasteiger partial charge in [-0.25, -0.2) is 9.38 Å². The molecule has 2 aromatic rings. The third-order valence-electron chi connectivity index (χ3n) is 2.66. The normalized spacial score (nSPS) is 12.0. The van der Waals surface area contributed by atoms with Crippen LogP contribution in [-0.2, 0) is 6.18 Å².